The van der Waals surface area contributed by atoms with E-state index in [2.05, 4.69) is 10.2 Å². The highest BCUT2D eigenvalue weighted by atomic mass is 16.6. The van der Waals surface area contributed by atoms with Gasteiger partial charge in [0.05, 0.1) is 24.6 Å². The summed E-state index contributed by atoms with van der Waals surface area (Å²) in [5.74, 6) is -2.58. The number of benzene rings is 1. The Hall–Kier alpha value is -2.50. The number of ether oxygens (including phenoxy) is 2. The van der Waals surface area contributed by atoms with E-state index in [1.807, 2.05) is 25.1 Å². The third kappa shape index (κ3) is 3.05. The molecule has 0 amide bonds. The minimum atomic E-state index is -1.22. The summed E-state index contributed by atoms with van der Waals surface area (Å²) >= 11 is 0. The number of nitrogens with zero attached hydrogens (tertiary/aromatic N) is 2. The van der Waals surface area contributed by atoms with Gasteiger partial charge in [-0.25, -0.2) is 0 Å². The molecule has 0 saturated carbocycles. The molecule has 1 aromatic carbocycles. The van der Waals surface area contributed by atoms with Crippen molar-refractivity contribution in [1.29, 1.82) is 0 Å². The van der Waals surface area contributed by atoms with E-state index in [0.29, 0.717) is 5.39 Å². The zero-order chi connectivity index (χ0) is 16.1. The van der Waals surface area contributed by atoms with Crippen LogP contribution in [0.1, 0.15) is 31.2 Å². The third-order valence-corrected chi connectivity index (χ3v) is 3.22. The average molecular weight is 302 g/mol. The van der Waals surface area contributed by atoms with Crippen LogP contribution in [-0.4, -0.2) is 35.3 Å². The first-order chi connectivity index (χ1) is 10.6. The smallest absolute Gasteiger partial charge is 0.326 e. The van der Waals surface area contributed by atoms with Gasteiger partial charge in [0.2, 0.25) is 0 Å². The quantitative estimate of drug-likeness (QED) is 0.622. The summed E-state index contributed by atoms with van der Waals surface area (Å²) in [6.45, 7) is 5.53. The maximum absolute atomic E-state index is 12.2. The van der Waals surface area contributed by atoms with Gasteiger partial charge in [0.1, 0.15) is 0 Å². The maximum Gasteiger partial charge on any atom is 0.326 e. The van der Waals surface area contributed by atoms with Crippen LogP contribution in [0, 0.1) is 6.92 Å². The number of esters is 2. The highest BCUT2D eigenvalue weighted by Gasteiger charge is 2.34. The molecule has 0 aliphatic heterocycles. The van der Waals surface area contributed by atoms with Gasteiger partial charge in [0.15, 0.2) is 5.92 Å². The lowest BCUT2D eigenvalue weighted by Crippen LogP contribution is -2.27. The second-order valence-corrected chi connectivity index (χ2v) is 4.65. The molecule has 116 valence electrons. The summed E-state index contributed by atoms with van der Waals surface area (Å²) in [7, 11) is 0. The van der Waals surface area contributed by atoms with Gasteiger partial charge in [-0.2, -0.15) is 10.2 Å². The number of hydrogen-bond donors (Lipinski definition) is 0. The minimum Gasteiger partial charge on any atom is -0.465 e. The molecule has 0 aliphatic carbocycles. The first kappa shape index (κ1) is 15.9. The lowest BCUT2D eigenvalue weighted by molar-refractivity contribution is -0.157. The number of hydrogen-bond acceptors (Lipinski definition) is 6. The fraction of sp³-hybridized carbons (Fsp3) is 0.375. The molecule has 2 rings (SSSR count). The second kappa shape index (κ2) is 6.98. The third-order valence-electron chi connectivity index (χ3n) is 3.22. The maximum atomic E-state index is 12.2. The number of carbonyl (C=O) groups is 2. The molecule has 0 fully saturated rings. The van der Waals surface area contributed by atoms with Crippen molar-refractivity contribution in [3.63, 3.8) is 0 Å². The predicted octanol–water partition coefficient (Wildman–Crippen LogP) is 2.15. The highest BCUT2D eigenvalue weighted by molar-refractivity contribution is 6.04. The van der Waals surface area contributed by atoms with Crippen LogP contribution < -0.4 is 0 Å². The largest absolute Gasteiger partial charge is 0.465 e. The number of aryl methyl sites for hydroxylation is 1. The normalized spacial score (nSPS) is 10.7. The molecule has 0 aliphatic rings. The van der Waals surface area contributed by atoms with E-state index in [0.717, 1.165) is 11.1 Å². The predicted molar refractivity (Wildman–Crippen MR) is 80.3 cm³/mol. The van der Waals surface area contributed by atoms with Gasteiger partial charge in [-0.1, -0.05) is 24.3 Å². The molecular weight excluding hydrogens is 284 g/mol. The molecule has 0 atom stereocenters. The summed E-state index contributed by atoms with van der Waals surface area (Å²) in [6, 6.07) is 7.36. The van der Waals surface area contributed by atoms with Crippen LogP contribution in [0.4, 0.5) is 0 Å². The fourth-order valence-electron chi connectivity index (χ4n) is 2.24. The summed E-state index contributed by atoms with van der Waals surface area (Å²) < 4.78 is 10.00. The number of carbonyl (C=O) groups excluding carboxylic acids is 2. The van der Waals surface area contributed by atoms with Crippen LogP contribution >= 0.6 is 0 Å². The van der Waals surface area contributed by atoms with E-state index < -0.39 is 17.9 Å². The molecule has 0 saturated heterocycles. The van der Waals surface area contributed by atoms with Crippen molar-refractivity contribution in [2.24, 2.45) is 0 Å². The van der Waals surface area contributed by atoms with E-state index in [-0.39, 0.29) is 18.9 Å². The van der Waals surface area contributed by atoms with Crippen molar-refractivity contribution in [2.45, 2.75) is 26.7 Å². The zero-order valence-electron chi connectivity index (χ0n) is 12.8. The average Bonchev–Trinajstić information content (AvgIpc) is 2.51. The molecule has 6 nitrogen and oxygen atoms in total. The topological polar surface area (TPSA) is 78.4 Å². The van der Waals surface area contributed by atoms with Gasteiger partial charge in [0, 0.05) is 10.8 Å². The van der Waals surface area contributed by atoms with Gasteiger partial charge in [-0.05, 0) is 20.8 Å². The zero-order valence-corrected chi connectivity index (χ0v) is 12.8. The van der Waals surface area contributed by atoms with E-state index in [1.165, 1.54) is 0 Å². The molecule has 22 heavy (non-hydrogen) atoms. The number of aromatic nitrogens is 2. The van der Waals surface area contributed by atoms with Crippen molar-refractivity contribution in [3.8, 4) is 0 Å². The summed E-state index contributed by atoms with van der Waals surface area (Å²) in [6.07, 6.45) is 0. The molecule has 6 heteroatoms. The Kier molecular flexibility index (Phi) is 5.04. The lowest BCUT2D eigenvalue weighted by atomic mass is 9.99. The molecule has 0 spiro atoms. The van der Waals surface area contributed by atoms with Crippen LogP contribution in [0.25, 0.3) is 10.8 Å². The van der Waals surface area contributed by atoms with Crippen molar-refractivity contribution >= 4 is 22.7 Å². The van der Waals surface area contributed by atoms with E-state index in [9.17, 15) is 9.59 Å². The standard InChI is InChI=1S/C16H18N2O4/c1-4-21-15(19)13(16(20)22-5-2)14-12-9-7-6-8-11(12)10(3)17-18-14/h6-9,13H,4-5H2,1-3H3. The Labute approximate surface area is 128 Å². The summed E-state index contributed by atoms with van der Waals surface area (Å²) in [5.41, 5.74) is 0.990. The summed E-state index contributed by atoms with van der Waals surface area (Å²) in [4.78, 5) is 24.4. The molecule has 1 heterocycles. The Morgan fingerprint density at radius 2 is 1.55 bits per heavy atom. The second-order valence-electron chi connectivity index (χ2n) is 4.65. The van der Waals surface area contributed by atoms with E-state index in [1.54, 1.807) is 19.9 Å². The van der Waals surface area contributed by atoms with Crippen LogP contribution in [0.15, 0.2) is 24.3 Å². The van der Waals surface area contributed by atoms with Gasteiger partial charge < -0.3 is 9.47 Å². The van der Waals surface area contributed by atoms with Crippen molar-refractivity contribution in [3.05, 3.63) is 35.7 Å². The first-order valence-corrected chi connectivity index (χ1v) is 7.15. The van der Waals surface area contributed by atoms with Gasteiger partial charge in [0.25, 0.3) is 0 Å². The molecule has 2 aromatic rings. The molecule has 0 bridgehead atoms. The molecular formula is C16H18N2O4. The van der Waals surface area contributed by atoms with Crippen molar-refractivity contribution < 1.29 is 19.1 Å². The number of rotatable bonds is 5. The van der Waals surface area contributed by atoms with Crippen LogP contribution in [0.2, 0.25) is 0 Å². The highest BCUT2D eigenvalue weighted by Crippen LogP contribution is 2.26. The Balaban J connectivity index is 2.59. The first-order valence-electron chi connectivity index (χ1n) is 7.15. The SMILES string of the molecule is CCOC(=O)C(C(=O)OCC)c1nnc(C)c2ccccc12. The Morgan fingerprint density at radius 1 is 1.00 bits per heavy atom. The fourth-order valence-corrected chi connectivity index (χ4v) is 2.24. The van der Waals surface area contributed by atoms with Crippen LogP contribution in [-0.2, 0) is 19.1 Å². The summed E-state index contributed by atoms with van der Waals surface area (Å²) in [5, 5.41) is 9.64. The van der Waals surface area contributed by atoms with Crippen LogP contribution in [0.5, 0.6) is 0 Å². The lowest BCUT2D eigenvalue weighted by Gasteiger charge is -2.15. The monoisotopic (exact) mass is 302 g/mol. The van der Waals surface area contributed by atoms with Crippen LogP contribution in [0.3, 0.4) is 0 Å². The minimum absolute atomic E-state index is 0.173. The Bertz CT molecular complexity index is 682. The van der Waals surface area contributed by atoms with Gasteiger partial charge in [-0.3, -0.25) is 9.59 Å². The molecule has 0 radical (unpaired) electrons. The van der Waals surface area contributed by atoms with Crippen molar-refractivity contribution in [1.82, 2.24) is 10.2 Å². The number of fused-ring (bicyclic) bond motifs is 1. The van der Waals surface area contributed by atoms with E-state index >= 15 is 0 Å². The van der Waals surface area contributed by atoms with Crippen molar-refractivity contribution in [2.75, 3.05) is 13.2 Å². The molecule has 0 unspecified atom stereocenters. The van der Waals surface area contributed by atoms with Gasteiger partial charge >= 0.3 is 11.9 Å². The molecule has 0 N–H and O–H groups in total. The Morgan fingerprint density at radius 3 is 2.09 bits per heavy atom. The molecule has 1 aromatic heterocycles. The van der Waals surface area contributed by atoms with E-state index in [4.69, 9.17) is 9.47 Å². The van der Waals surface area contributed by atoms with Gasteiger partial charge in [-0.15, -0.1) is 0 Å².